The van der Waals surface area contributed by atoms with Gasteiger partial charge in [-0.25, -0.2) is 9.59 Å². The first-order chi connectivity index (χ1) is 12.1. The van der Waals surface area contributed by atoms with E-state index in [1.54, 1.807) is 29.3 Å². The summed E-state index contributed by atoms with van der Waals surface area (Å²) in [5, 5.41) is 0. The zero-order valence-corrected chi connectivity index (χ0v) is 14.7. The van der Waals surface area contributed by atoms with Crippen LogP contribution in [0.4, 0.5) is 5.69 Å². The second-order valence-electron chi connectivity index (χ2n) is 6.09. The van der Waals surface area contributed by atoms with Gasteiger partial charge in [0, 0.05) is 11.9 Å². The molecule has 5 heteroatoms. The second-order valence-corrected chi connectivity index (χ2v) is 6.09. The Labute approximate surface area is 147 Å². The first kappa shape index (κ1) is 17.0. The van der Waals surface area contributed by atoms with E-state index < -0.39 is 11.9 Å². The van der Waals surface area contributed by atoms with Crippen molar-refractivity contribution in [1.29, 1.82) is 0 Å². The molecule has 0 unspecified atom stereocenters. The minimum Gasteiger partial charge on any atom is -0.465 e. The Bertz CT molecular complexity index is 817. The molecule has 0 fully saturated rings. The number of nitrogens with zero attached hydrogens (tertiary/aromatic N) is 1. The Morgan fingerprint density at radius 2 is 1.80 bits per heavy atom. The average Bonchev–Trinajstić information content (AvgIpc) is 2.97. The lowest BCUT2D eigenvalue weighted by molar-refractivity contribution is -0.139. The maximum Gasteiger partial charge on any atom is 0.355 e. The van der Waals surface area contributed by atoms with Crippen LogP contribution in [-0.4, -0.2) is 26.2 Å². The normalized spacial score (nSPS) is 15.9. The Morgan fingerprint density at radius 1 is 1.04 bits per heavy atom. The summed E-state index contributed by atoms with van der Waals surface area (Å²) in [4.78, 5) is 26.5. The molecular weight excluding hydrogens is 318 g/mol. The fourth-order valence-corrected chi connectivity index (χ4v) is 3.40. The highest BCUT2D eigenvalue weighted by Gasteiger charge is 2.29. The smallest absolute Gasteiger partial charge is 0.355 e. The van der Waals surface area contributed by atoms with E-state index in [0.717, 1.165) is 30.5 Å². The predicted octanol–water partition coefficient (Wildman–Crippen LogP) is 2.97. The van der Waals surface area contributed by atoms with E-state index in [4.69, 9.17) is 9.47 Å². The van der Waals surface area contributed by atoms with Crippen molar-refractivity contribution in [2.24, 2.45) is 0 Å². The first-order valence-corrected chi connectivity index (χ1v) is 8.24. The van der Waals surface area contributed by atoms with Crippen molar-refractivity contribution in [3.63, 3.8) is 0 Å². The molecule has 1 aromatic carbocycles. The highest BCUT2D eigenvalue weighted by Crippen LogP contribution is 2.36. The molecular formula is C20H21NO4. The maximum absolute atomic E-state index is 12.5. The average molecular weight is 339 g/mol. The van der Waals surface area contributed by atoms with Gasteiger partial charge in [0.15, 0.2) is 0 Å². The lowest BCUT2D eigenvalue weighted by Gasteiger charge is -2.26. The van der Waals surface area contributed by atoms with Gasteiger partial charge in [-0.15, -0.1) is 0 Å². The van der Waals surface area contributed by atoms with Crippen molar-refractivity contribution >= 4 is 17.6 Å². The molecule has 0 spiro atoms. The van der Waals surface area contributed by atoms with Gasteiger partial charge in [0.2, 0.25) is 0 Å². The number of benzene rings is 1. The lowest BCUT2D eigenvalue weighted by Crippen LogP contribution is -2.27. The molecule has 1 aliphatic carbocycles. The van der Waals surface area contributed by atoms with Crippen molar-refractivity contribution in [3.8, 4) is 0 Å². The Hall–Kier alpha value is -2.82. The van der Waals surface area contributed by atoms with Crippen LogP contribution < -0.4 is 4.90 Å². The predicted molar refractivity (Wildman–Crippen MR) is 95.0 cm³/mol. The maximum atomic E-state index is 12.5. The number of carbonyl (C=O) groups is 2. The van der Waals surface area contributed by atoms with Gasteiger partial charge in [0.05, 0.1) is 19.8 Å². The van der Waals surface area contributed by atoms with Crippen LogP contribution in [-0.2, 0) is 31.9 Å². The third-order valence-corrected chi connectivity index (χ3v) is 4.48. The highest BCUT2D eigenvalue weighted by atomic mass is 16.5. The summed E-state index contributed by atoms with van der Waals surface area (Å²) in [5.74, 6) is -1.15. The fraction of sp³-hybridized carbons (Fsp3) is 0.300. The Kier molecular flexibility index (Phi) is 4.74. The Morgan fingerprint density at radius 3 is 2.52 bits per heavy atom. The van der Waals surface area contributed by atoms with E-state index in [1.165, 1.54) is 25.3 Å². The zero-order valence-electron chi connectivity index (χ0n) is 14.7. The van der Waals surface area contributed by atoms with Crippen LogP contribution in [0.5, 0.6) is 0 Å². The topological polar surface area (TPSA) is 55.8 Å². The number of aryl methyl sites for hydroxylation is 2. The molecule has 0 saturated heterocycles. The summed E-state index contributed by atoms with van der Waals surface area (Å²) >= 11 is 0. The van der Waals surface area contributed by atoms with Gasteiger partial charge in [-0.2, -0.15) is 0 Å². The molecule has 1 aromatic rings. The number of ether oxygens (including phenoxy) is 2. The minimum atomic E-state index is -0.579. The number of hydrogen-bond acceptors (Lipinski definition) is 5. The number of rotatable bonds is 3. The van der Waals surface area contributed by atoms with Crippen molar-refractivity contribution in [2.75, 3.05) is 19.1 Å². The number of fused-ring (bicyclic) bond motifs is 1. The van der Waals surface area contributed by atoms with Gasteiger partial charge in [-0.3, -0.25) is 0 Å². The van der Waals surface area contributed by atoms with Gasteiger partial charge in [0.25, 0.3) is 0 Å². The van der Waals surface area contributed by atoms with E-state index in [2.05, 4.69) is 6.07 Å². The van der Waals surface area contributed by atoms with Crippen LogP contribution in [0.1, 0.15) is 23.1 Å². The van der Waals surface area contributed by atoms with Gasteiger partial charge in [0.1, 0.15) is 5.70 Å². The molecule has 130 valence electrons. The van der Waals surface area contributed by atoms with Gasteiger partial charge >= 0.3 is 11.9 Å². The summed E-state index contributed by atoms with van der Waals surface area (Å²) in [6, 6.07) is 4.23. The van der Waals surface area contributed by atoms with E-state index >= 15 is 0 Å². The molecule has 1 heterocycles. The lowest BCUT2D eigenvalue weighted by atomic mass is 10.0. The van der Waals surface area contributed by atoms with E-state index in [-0.39, 0.29) is 11.3 Å². The number of anilines is 1. The Balaban J connectivity index is 2.23. The number of carbonyl (C=O) groups excluding carboxylic acids is 2. The van der Waals surface area contributed by atoms with Crippen LogP contribution in [0.3, 0.4) is 0 Å². The molecule has 5 nitrogen and oxygen atoms in total. The monoisotopic (exact) mass is 339 g/mol. The summed E-state index contributed by atoms with van der Waals surface area (Å²) in [6.45, 7) is 2.03. The molecule has 3 rings (SSSR count). The third kappa shape index (κ3) is 3.09. The minimum absolute atomic E-state index is 0.166. The second kappa shape index (κ2) is 6.97. The highest BCUT2D eigenvalue weighted by molar-refractivity contribution is 6.05. The van der Waals surface area contributed by atoms with Crippen LogP contribution in [0.25, 0.3) is 0 Å². The molecule has 0 N–H and O–H groups in total. The summed E-state index contributed by atoms with van der Waals surface area (Å²) in [5.41, 5.74) is 4.87. The van der Waals surface area contributed by atoms with Gasteiger partial charge in [-0.1, -0.05) is 12.1 Å². The van der Waals surface area contributed by atoms with E-state index in [0.29, 0.717) is 0 Å². The standard InChI is InChI=1S/C20H21NO4/c1-13-11-14-7-6-9-15(14)17(12-13)21-10-5-4-8-16(19(22)24-2)18(21)20(23)25-3/h4-5,8,10-12H,6-7,9H2,1-3H3. The quantitative estimate of drug-likeness (QED) is 0.793. The van der Waals surface area contributed by atoms with Crippen molar-refractivity contribution in [3.05, 3.63) is 64.5 Å². The third-order valence-electron chi connectivity index (χ3n) is 4.48. The van der Waals surface area contributed by atoms with Crippen molar-refractivity contribution < 1.29 is 19.1 Å². The van der Waals surface area contributed by atoms with E-state index in [9.17, 15) is 9.59 Å². The van der Waals surface area contributed by atoms with Crippen LogP contribution in [0, 0.1) is 6.92 Å². The molecule has 0 aromatic heterocycles. The van der Waals surface area contributed by atoms with Crippen molar-refractivity contribution in [2.45, 2.75) is 26.2 Å². The van der Waals surface area contributed by atoms with Crippen LogP contribution in [0.2, 0.25) is 0 Å². The van der Waals surface area contributed by atoms with E-state index in [1.807, 2.05) is 13.0 Å². The molecule has 0 saturated carbocycles. The number of methoxy groups -OCH3 is 2. The SMILES string of the molecule is COC(=O)C1=C(C(=O)OC)N(c2cc(C)cc3c2CCC3)C=CC=C1. The number of allylic oxidation sites excluding steroid dienone is 2. The largest absolute Gasteiger partial charge is 0.465 e. The van der Waals surface area contributed by atoms with Gasteiger partial charge in [-0.05, 0) is 61.1 Å². The summed E-state index contributed by atoms with van der Waals surface area (Å²) in [7, 11) is 2.60. The molecule has 0 radical (unpaired) electrons. The van der Waals surface area contributed by atoms with Crippen molar-refractivity contribution in [1.82, 2.24) is 0 Å². The molecule has 0 bridgehead atoms. The van der Waals surface area contributed by atoms with Crippen LogP contribution >= 0.6 is 0 Å². The fourth-order valence-electron chi connectivity index (χ4n) is 3.40. The molecule has 2 aliphatic rings. The number of hydrogen-bond donors (Lipinski definition) is 0. The van der Waals surface area contributed by atoms with Crippen LogP contribution in [0.15, 0.2) is 47.8 Å². The first-order valence-electron chi connectivity index (χ1n) is 8.24. The molecule has 0 atom stereocenters. The molecule has 0 amide bonds. The molecule has 25 heavy (non-hydrogen) atoms. The zero-order chi connectivity index (χ0) is 18.0. The van der Waals surface area contributed by atoms with Gasteiger partial charge < -0.3 is 14.4 Å². The summed E-state index contributed by atoms with van der Waals surface area (Å²) < 4.78 is 9.82. The number of esters is 2. The summed E-state index contributed by atoms with van der Waals surface area (Å²) in [6.07, 6.45) is 9.93. The molecule has 1 aliphatic heterocycles.